The monoisotopic (exact) mass is 788 g/mol. The van der Waals surface area contributed by atoms with Gasteiger partial charge in [-0.3, -0.25) is 4.57 Å². The number of benzene rings is 11. The van der Waals surface area contributed by atoms with Crippen LogP contribution in [0.1, 0.15) is 0 Å². The fourth-order valence-electron chi connectivity index (χ4n) is 10.3. The molecule has 5 nitrogen and oxygen atoms in total. The zero-order chi connectivity index (χ0) is 40.5. The molecule has 0 radical (unpaired) electrons. The van der Waals surface area contributed by atoms with Crippen LogP contribution in [0, 0.1) is 0 Å². The van der Waals surface area contributed by atoms with Gasteiger partial charge in [0.15, 0.2) is 11.6 Å². The first kappa shape index (κ1) is 33.4. The molecule has 11 aromatic carbocycles. The molecule has 14 aromatic rings. The molecule has 0 amide bonds. The predicted molar refractivity (Wildman–Crippen MR) is 256 cm³/mol. The van der Waals surface area contributed by atoms with Gasteiger partial charge in [0.05, 0.1) is 11.0 Å². The van der Waals surface area contributed by atoms with Gasteiger partial charge in [-0.2, -0.15) is 9.97 Å². The molecular weight excluding hydrogens is 757 g/mol. The molecule has 0 spiro atoms. The van der Waals surface area contributed by atoms with Crippen LogP contribution in [0.2, 0.25) is 0 Å². The Balaban J connectivity index is 1.11. The first-order valence-electron chi connectivity index (χ1n) is 21.0. The van der Waals surface area contributed by atoms with Crippen molar-refractivity contribution in [2.45, 2.75) is 0 Å². The Labute approximate surface area is 354 Å². The molecule has 0 aliphatic rings. The molecular formula is C57H32N4O. The van der Waals surface area contributed by atoms with Crippen molar-refractivity contribution in [1.82, 2.24) is 19.5 Å². The quantitative estimate of drug-likeness (QED) is 0.167. The highest BCUT2D eigenvalue weighted by Crippen LogP contribution is 2.48. The molecule has 14 rings (SSSR count). The van der Waals surface area contributed by atoms with Crippen LogP contribution in [-0.4, -0.2) is 19.5 Å². The van der Waals surface area contributed by atoms with E-state index in [1.54, 1.807) is 0 Å². The molecule has 0 fully saturated rings. The van der Waals surface area contributed by atoms with Crippen LogP contribution in [0.25, 0.3) is 137 Å². The highest BCUT2D eigenvalue weighted by atomic mass is 16.3. The summed E-state index contributed by atoms with van der Waals surface area (Å²) in [5, 5.41) is 16.3. The van der Waals surface area contributed by atoms with E-state index in [-0.39, 0.29) is 0 Å². The Bertz CT molecular complexity index is 4070. The van der Waals surface area contributed by atoms with Crippen molar-refractivity contribution in [3.05, 3.63) is 194 Å². The molecule has 0 aliphatic heterocycles. The summed E-state index contributed by atoms with van der Waals surface area (Å²) in [5.41, 5.74) is 8.12. The number of para-hydroxylation sites is 1. The average Bonchev–Trinajstić information content (AvgIpc) is 3.89. The summed E-state index contributed by atoms with van der Waals surface area (Å²) in [6.07, 6.45) is 0. The molecule has 0 bridgehead atoms. The number of aromatic nitrogens is 4. The Morgan fingerprint density at radius 2 is 0.887 bits per heavy atom. The minimum Gasteiger partial charge on any atom is -0.456 e. The van der Waals surface area contributed by atoms with Crippen LogP contribution >= 0.6 is 0 Å². The van der Waals surface area contributed by atoms with Crippen molar-refractivity contribution in [1.29, 1.82) is 0 Å². The lowest BCUT2D eigenvalue weighted by Crippen LogP contribution is -2.06. The maximum Gasteiger partial charge on any atom is 0.238 e. The smallest absolute Gasteiger partial charge is 0.238 e. The maximum atomic E-state index is 6.35. The summed E-state index contributed by atoms with van der Waals surface area (Å²) in [6.45, 7) is 0. The van der Waals surface area contributed by atoms with Crippen molar-refractivity contribution in [3.63, 3.8) is 0 Å². The largest absolute Gasteiger partial charge is 0.456 e. The molecule has 0 saturated carbocycles. The Kier molecular flexibility index (Phi) is 6.77. The van der Waals surface area contributed by atoms with E-state index in [1.165, 1.54) is 37.7 Å². The van der Waals surface area contributed by atoms with Gasteiger partial charge in [-0.15, -0.1) is 0 Å². The molecule has 0 atom stereocenters. The number of rotatable bonds is 4. The van der Waals surface area contributed by atoms with E-state index >= 15 is 0 Å². The van der Waals surface area contributed by atoms with Gasteiger partial charge in [-0.25, -0.2) is 4.98 Å². The van der Waals surface area contributed by atoms with E-state index in [2.05, 4.69) is 187 Å². The molecule has 0 N–H and O–H groups in total. The fraction of sp³-hybridized carbons (Fsp3) is 0. The maximum absolute atomic E-state index is 6.35. The topological polar surface area (TPSA) is 56.7 Å². The van der Waals surface area contributed by atoms with Crippen LogP contribution < -0.4 is 0 Å². The molecule has 62 heavy (non-hydrogen) atoms. The van der Waals surface area contributed by atoms with E-state index in [0.717, 1.165) is 82.2 Å². The van der Waals surface area contributed by atoms with Gasteiger partial charge in [-0.1, -0.05) is 164 Å². The van der Waals surface area contributed by atoms with Crippen LogP contribution in [0.15, 0.2) is 199 Å². The van der Waals surface area contributed by atoms with E-state index in [1.807, 2.05) is 12.1 Å². The highest BCUT2D eigenvalue weighted by Gasteiger charge is 2.25. The van der Waals surface area contributed by atoms with Crippen molar-refractivity contribution in [3.8, 4) is 39.9 Å². The fourth-order valence-corrected chi connectivity index (χ4v) is 10.3. The zero-order valence-electron chi connectivity index (χ0n) is 33.2. The summed E-state index contributed by atoms with van der Waals surface area (Å²) in [5.74, 6) is 1.84. The summed E-state index contributed by atoms with van der Waals surface area (Å²) in [7, 11) is 0. The molecule has 5 heteroatoms. The Hall–Kier alpha value is -8.41. The number of fused-ring (bicyclic) bond motifs is 10. The Morgan fingerprint density at radius 3 is 1.65 bits per heavy atom. The van der Waals surface area contributed by atoms with E-state index in [9.17, 15) is 0 Å². The number of nitrogens with zero attached hydrogens (tertiary/aromatic N) is 4. The van der Waals surface area contributed by atoms with Gasteiger partial charge < -0.3 is 4.42 Å². The first-order chi connectivity index (χ1) is 30.7. The lowest BCUT2D eigenvalue weighted by atomic mass is 9.89. The molecule has 0 saturated heterocycles. The predicted octanol–water partition coefficient (Wildman–Crippen LogP) is 15.1. The normalized spacial score (nSPS) is 12.2. The third-order valence-electron chi connectivity index (χ3n) is 13.0. The minimum absolute atomic E-state index is 0.578. The van der Waals surface area contributed by atoms with E-state index in [4.69, 9.17) is 19.4 Å². The van der Waals surface area contributed by atoms with Crippen LogP contribution in [0.3, 0.4) is 0 Å². The van der Waals surface area contributed by atoms with Gasteiger partial charge in [0.25, 0.3) is 0 Å². The van der Waals surface area contributed by atoms with Gasteiger partial charge in [0, 0.05) is 38.1 Å². The Morgan fingerprint density at radius 1 is 0.323 bits per heavy atom. The highest BCUT2D eigenvalue weighted by molar-refractivity contribution is 6.39. The van der Waals surface area contributed by atoms with Gasteiger partial charge >= 0.3 is 0 Å². The molecule has 0 aliphatic carbocycles. The van der Waals surface area contributed by atoms with E-state index < -0.39 is 0 Å². The van der Waals surface area contributed by atoms with E-state index in [0.29, 0.717) is 17.6 Å². The molecule has 286 valence electrons. The number of hydrogen-bond donors (Lipinski definition) is 0. The van der Waals surface area contributed by atoms with Crippen molar-refractivity contribution >= 4 is 97.6 Å². The third-order valence-corrected chi connectivity index (χ3v) is 13.0. The minimum atomic E-state index is 0.578. The second-order valence-corrected chi connectivity index (χ2v) is 16.3. The lowest BCUT2D eigenvalue weighted by Gasteiger charge is -2.14. The number of furan rings is 1. The summed E-state index contributed by atoms with van der Waals surface area (Å²) in [6, 6.07) is 69.1. The summed E-state index contributed by atoms with van der Waals surface area (Å²) in [4.78, 5) is 16.2. The second kappa shape index (κ2) is 12.6. The van der Waals surface area contributed by atoms with Crippen molar-refractivity contribution < 1.29 is 4.42 Å². The molecule has 3 heterocycles. The van der Waals surface area contributed by atoms with Gasteiger partial charge in [0.2, 0.25) is 5.95 Å². The van der Waals surface area contributed by atoms with Crippen LogP contribution in [-0.2, 0) is 0 Å². The lowest BCUT2D eigenvalue weighted by molar-refractivity contribution is 0.669. The summed E-state index contributed by atoms with van der Waals surface area (Å²) < 4.78 is 8.63. The van der Waals surface area contributed by atoms with Crippen molar-refractivity contribution in [2.75, 3.05) is 0 Å². The molecule has 3 aromatic heterocycles. The van der Waals surface area contributed by atoms with Crippen molar-refractivity contribution in [2.24, 2.45) is 0 Å². The van der Waals surface area contributed by atoms with Crippen LogP contribution in [0.5, 0.6) is 0 Å². The standard InChI is InChI=1S/C57H32N4O/c1-4-18-37-33(13-1)16-9-24-43(37)55-58-56(44-25-10-17-34-14-2-5-19-38(34)44)60-57(59-55)61-47-26-11-23-41-46-31-36(39-22-12-28-50-51(39)45-21-7-8-27-49(45)62-50)29-30-42(46)52-40-20-6-3-15-35(40)32-48(61)54(52)53(41)47/h1-32H. The van der Waals surface area contributed by atoms with Crippen LogP contribution in [0.4, 0.5) is 0 Å². The second-order valence-electron chi connectivity index (χ2n) is 16.3. The molecule has 0 unspecified atom stereocenters. The SMILES string of the molecule is c1ccc2c(-c3nc(-c4cccc5ccccc45)nc(-n4c5cccc6c7cc(-c8cccc9oc%10ccccc%10c89)ccc7c7c8ccccc8cc4c7c65)n3)cccc2c1. The van der Waals surface area contributed by atoms with Gasteiger partial charge in [-0.05, 0) is 89.9 Å². The average molecular weight is 789 g/mol. The first-order valence-corrected chi connectivity index (χ1v) is 21.0. The van der Waals surface area contributed by atoms with Gasteiger partial charge in [0.1, 0.15) is 11.2 Å². The summed E-state index contributed by atoms with van der Waals surface area (Å²) >= 11 is 0. The third kappa shape index (κ3) is 4.65. The number of hydrogen-bond acceptors (Lipinski definition) is 4. The zero-order valence-corrected chi connectivity index (χ0v) is 33.2.